The Labute approximate surface area is 73.8 Å². The van der Waals surface area contributed by atoms with Crippen molar-refractivity contribution in [1.82, 2.24) is 0 Å². The number of phenols is 2. The summed E-state index contributed by atoms with van der Waals surface area (Å²) < 4.78 is 4.67. The van der Waals surface area contributed by atoms with E-state index in [9.17, 15) is 9.90 Å². The summed E-state index contributed by atoms with van der Waals surface area (Å²) >= 11 is 0. The number of aromatic hydroxyl groups is 2. The van der Waals surface area contributed by atoms with Crippen molar-refractivity contribution in [2.24, 2.45) is 0 Å². The van der Waals surface area contributed by atoms with Crippen LogP contribution in [0.15, 0.2) is 12.1 Å². The highest BCUT2D eigenvalue weighted by atomic mass is 16.5. The number of ether oxygens (including phenoxy) is 1. The van der Waals surface area contributed by atoms with Crippen molar-refractivity contribution in [1.29, 1.82) is 0 Å². The first-order chi connectivity index (χ1) is 6.07. The van der Waals surface area contributed by atoms with Crippen molar-refractivity contribution >= 4 is 5.97 Å². The lowest BCUT2D eigenvalue weighted by atomic mass is 10.1. The van der Waals surface area contributed by atoms with Crippen LogP contribution in [-0.4, -0.2) is 28.4 Å². The first-order valence-electron chi connectivity index (χ1n) is 3.40. The Bertz CT molecular complexity index is 345. The minimum atomic E-state index is -1.41. The van der Waals surface area contributed by atoms with Gasteiger partial charge in [0.05, 0.1) is 7.11 Å². The van der Waals surface area contributed by atoms with Gasteiger partial charge in [0.1, 0.15) is 11.3 Å². The standard InChI is InChI=1S/C8H8O5/c1-13-5-3-2-4(9)6(7(5)10)8(11)12/h2-3,9-10H,1H3,(H,11,12). The van der Waals surface area contributed by atoms with Crippen LogP contribution >= 0.6 is 0 Å². The van der Waals surface area contributed by atoms with Crippen LogP contribution in [0.25, 0.3) is 0 Å². The number of benzene rings is 1. The summed E-state index contributed by atoms with van der Waals surface area (Å²) in [5.41, 5.74) is -0.556. The monoisotopic (exact) mass is 184 g/mol. The van der Waals surface area contributed by atoms with Gasteiger partial charge in [-0.25, -0.2) is 4.79 Å². The molecule has 1 rings (SSSR count). The fourth-order valence-corrected chi connectivity index (χ4v) is 0.937. The molecule has 0 aromatic heterocycles. The molecule has 1 aromatic carbocycles. The van der Waals surface area contributed by atoms with E-state index in [1.54, 1.807) is 0 Å². The van der Waals surface area contributed by atoms with E-state index in [-0.39, 0.29) is 5.75 Å². The molecule has 1 aromatic rings. The second-order valence-corrected chi connectivity index (χ2v) is 2.32. The Kier molecular flexibility index (Phi) is 2.27. The molecule has 0 aliphatic heterocycles. The van der Waals surface area contributed by atoms with E-state index in [1.807, 2.05) is 0 Å². The summed E-state index contributed by atoms with van der Waals surface area (Å²) in [5, 5.41) is 27.0. The third kappa shape index (κ3) is 1.48. The predicted octanol–water partition coefficient (Wildman–Crippen LogP) is 0.805. The van der Waals surface area contributed by atoms with E-state index in [0.29, 0.717) is 0 Å². The molecule has 0 aliphatic carbocycles. The second-order valence-electron chi connectivity index (χ2n) is 2.32. The van der Waals surface area contributed by atoms with Gasteiger partial charge >= 0.3 is 5.97 Å². The molecule has 0 saturated carbocycles. The molecular weight excluding hydrogens is 176 g/mol. The molecule has 70 valence electrons. The molecule has 0 aliphatic rings. The van der Waals surface area contributed by atoms with E-state index >= 15 is 0 Å². The van der Waals surface area contributed by atoms with Gasteiger partial charge in [-0.2, -0.15) is 0 Å². The Morgan fingerprint density at radius 3 is 2.46 bits per heavy atom. The van der Waals surface area contributed by atoms with Crippen molar-refractivity contribution in [3.8, 4) is 17.2 Å². The first-order valence-corrected chi connectivity index (χ1v) is 3.40. The highest BCUT2D eigenvalue weighted by Gasteiger charge is 2.18. The SMILES string of the molecule is COc1ccc(O)c(C(=O)O)c1O. The third-order valence-electron chi connectivity index (χ3n) is 1.55. The summed E-state index contributed by atoms with van der Waals surface area (Å²) in [6.07, 6.45) is 0. The summed E-state index contributed by atoms with van der Waals surface area (Å²) in [6.45, 7) is 0. The number of methoxy groups -OCH3 is 1. The lowest BCUT2D eigenvalue weighted by Crippen LogP contribution is -1.98. The molecule has 5 nitrogen and oxygen atoms in total. The Hall–Kier alpha value is -1.91. The van der Waals surface area contributed by atoms with Crippen LogP contribution in [0.4, 0.5) is 0 Å². The average molecular weight is 184 g/mol. The van der Waals surface area contributed by atoms with Crippen molar-refractivity contribution in [2.45, 2.75) is 0 Å². The molecule has 5 heteroatoms. The largest absolute Gasteiger partial charge is 0.507 e. The maximum Gasteiger partial charge on any atom is 0.343 e. The minimum absolute atomic E-state index is 0.00944. The van der Waals surface area contributed by atoms with Gasteiger partial charge in [0, 0.05) is 0 Å². The zero-order chi connectivity index (χ0) is 10.0. The normalized spacial score (nSPS) is 9.62. The van der Waals surface area contributed by atoms with E-state index in [4.69, 9.17) is 10.2 Å². The molecule has 0 spiro atoms. The van der Waals surface area contributed by atoms with Crippen molar-refractivity contribution in [3.05, 3.63) is 17.7 Å². The van der Waals surface area contributed by atoms with Gasteiger partial charge in [-0.3, -0.25) is 0 Å². The lowest BCUT2D eigenvalue weighted by molar-refractivity contribution is 0.0689. The van der Waals surface area contributed by atoms with Crippen molar-refractivity contribution in [3.63, 3.8) is 0 Å². The van der Waals surface area contributed by atoms with E-state index in [1.165, 1.54) is 13.2 Å². The van der Waals surface area contributed by atoms with Crippen LogP contribution in [0.1, 0.15) is 10.4 Å². The van der Waals surface area contributed by atoms with Crippen LogP contribution < -0.4 is 4.74 Å². The number of carboxylic acids is 1. The van der Waals surface area contributed by atoms with Gasteiger partial charge in [0.25, 0.3) is 0 Å². The lowest BCUT2D eigenvalue weighted by Gasteiger charge is -2.06. The van der Waals surface area contributed by atoms with Crippen molar-refractivity contribution < 1.29 is 24.9 Å². The molecule has 0 radical (unpaired) electrons. The Morgan fingerprint density at radius 1 is 1.38 bits per heavy atom. The molecule has 0 heterocycles. The molecule has 0 atom stereocenters. The Morgan fingerprint density at radius 2 is 2.00 bits per heavy atom. The first kappa shape index (κ1) is 9.18. The van der Waals surface area contributed by atoms with Gasteiger partial charge in [-0.15, -0.1) is 0 Å². The van der Waals surface area contributed by atoms with Gasteiger partial charge in [0.2, 0.25) is 0 Å². The van der Waals surface area contributed by atoms with Crippen molar-refractivity contribution in [2.75, 3.05) is 7.11 Å². The van der Waals surface area contributed by atoms with Crippen LogP contribution in [0, 0.1) is 0 Å². The topological polar surface area (TPSA) is 87.0 Å². The van der Waals surface area contributed by atoms with Gasteiger partial charge < -0.3 is 20.1 Å². The Balaban J connectivity index is 3.38. The molecule has 13 heavy (non-hydrogen) atoms. The zero-order valence-corrected chi connectivity index (χ0v) is 6.81. The number of rotatable bonds is 2. The molecule has 3 N–H and O–H groups in total. The highest BCUT2D eigenvalue weighted by Crippen LogP contribution is 2.35. The molecular formula is C8H8O5. The number of aromatic carboxylic acids is 1. The smallest absolute Gasteiger partial charge is 0.343 e. The summed E-state index contributed by atoms with van der Waals surface area (Å²) in [4.78, 5) is 10.5. The van der Waals surface area contributed by atoms with E-state index in [0.717, 1.165) is 6.07 Å². The maximum absolute atomic E-state index is 10.5. The molecule has 0 fully saturated rings. The number of hydrogen-bond acceptors (Lipinski definition) is 4. The fourth-order valence-electron chi connectivity index (χ4n) is 0.937. The average Bonchev–Trinajstić information content (AvgIpc) is 2.04. The second kappa shape index (κ2) is 3.22. The maximum atomic E-state index is 10.5. The number of carboxylic acid groups (broad SMARTS) is 1. The summed E-state index contributed by atoms with van der Waals surface area (Å²) in [7, 11) is 1.29. The van der Waals surface area contributed by atoms with Crippen LogP contribution in [0.3, 0.4) is 0 Å². The summed E-state index contributed by atoms with van der Waals surface area (Å²) in [5.74, 6) is -2.47. The van der Waals surface area contributed by atoms with E-state index in [2.05, 4.69) is 4.74 Å². The molecule has 0 saturated heterocycles. The summed E-state index contributed by atoms with van der Waals surface area (Å²) in [6, 6.07) is 2.42. The highest BCUT2D eigenvalue weighted by molar-refractivity contribution is 5.94. The molecule has 0 bridgehead atoms. The van der Waals surface area contributed by atoms with Gasteiger partial charge in [0.15, 0.2) is 11.5 Å². The molecule has 0 amide bonds. The van der Waals surface area contributed by atoms with Crippen LogP contribution in [0.5, 0.6) is 17.2 Å². The minimum Gasteiger partial charge on any atom is -0.507 e. The zero-order valence-electron chi connectivity index (χ0n) is 6.81. The van der Waals surface area contributed by atoms with Gasteiger partial charge in [-0.1, -0.05) is 0 Å². The van der Waals surface area contributed by atoms with Crippen LogP contribution in [0.2, 0.25) is 0 Å². The quantitative estimate of drug-likeness (QED) is 0.632. The van der Waals surface area contributed by atoms with E-state index < -0.39 is 23.0 Å². The third-order valence-corrected chi connectivity index (χ3v) is 1.55. The fraction of sp³-hybridized carbons (Fsp3) is 0.125. The number of carbonyl (C=O) groups is 1. The van der Waals surface area contributed by atoms with Gasteiger partial charge in [-0.05, 0) is 12.1 Å². The van der Waals surface area contributed by atoms with Crippen LogP contribution in [-0.2, 0) is 0 Å². The number of hydrogen-bond donors (Lipinski definition) is 3. The predicted molar refractivity (Wildman–Crippen MR) is 43.3 cm³/mol. The molecule has 0 unspecified atom stereocenters.